The smallest absolute Gasteiger partial charge is 0.303 e. The quantitative estimate of drug-likeness (QED) is 0.255. The largest absolute Gasteiger partial charge is 0.456 e. The molecule has 0 unspecified atom stereocenters. The van der Waals surface area contributed by atoms with Crippen LogP contribution in [0.4, 0.5) is 0 Å². The number of ether oxygens (including phenoxy) is 1. The maximum Gasteiger partial charge on any atom is 0.303 e. The molecule has 0 heterocycles. The van der Waals surface area contributed by atoms with Gasteiger partial charge in [-0.3, -0.25) is 24.0 Å². The summed E-state index contributed by atoms with van der Waals surface area (Å²) in [4.78, 5) is 58.0. The number of esters is 1. The number of ketones is 3. The zero-order chi connectivity index (χ0) is 19.2. The lowest BCUT2D eigenvalue weighted by Gasteiger charge is -2.39. The molecule has 136 valence electrons. The van der Waals surface area contributed by atoms with Crippen molar-refractivity contribution < 1.29 is 44.0 Å². The van der Waals surface area contributed by atoms with Gasteiger partial charge < -0.3 is 25.4 Å². The van der Waals surface area contributed by atoms with Crippen LogP contribution >= 0.6 is 0 Å². The Hall–Kier alpha value is -2.17. The summed E-state index contributed by atoms with van der Waals surface area (Å²) in [5.74, 6) is -5.51. The highest BCUT2D eigenvalue weighted by Gasteiger charge is 2.56. The fraction of sp³-hybridized carbons (Fsp3) is 0.643. The molecule has 0 aromatic rings. The number of amides is 1. The molecular weight excluding hydrogens is 326 g/mol. The molecule has 0 aliphatic rings. The van der Waals surface area contributed by atoms with Gasteiger partial charge in [0.15, 0.2) is 23.3 Å². The Morgan fingerprint density at radius 3 is 1.88 bits per heavy atom. The van der Waals surface area contributed by atoms with E-state index in [-0.39, 0.29) is 0 Å². The first-order valence-electron chi connectivity index (χ1n) is 6.90. The first kappa shape index (κ1) is 21.8. The Balaban J connectivity index is 6.31. The molecule has 10 heteroatoms. The van der Waals surface area contributed by atoms with Crippen LogP contribution in [0.3, 0.4) is 0 Å². The lowest BCUT2D eigenvalue weighted by molar-refractivity contribution is -0.192. The molecule has 0 rings (SSSR count). The molecule has 0 aliphatic heterocycles. The van der Waals surface area contributed by atoms with E-state index in [1.807, 2.05) is 5.32 Å². The van der Waals surface area contributed by atoms with Crippen molar-refractivity contribution in [3.8, 4) is 0 Å². The molecule has 0 saturated heterocycles. The minimum absolute atomic E-state index is 0.808. The summed E-state index contributed by atoms with van der Waals surface area (Å²) in [5, 5.41) is 31.6. The normalized spacial score (nSPS) is 17.0. The van der Waals surface area contributed by atoms with Crippen molar-refractivity contribution >= 4 is 29.2 Å². The highest BCUT2D eigenvalue weighted by Crippen LogP contribution is 2.25. The van der Waals surface area contributed by atoms with Crippen molar-refractivity contribution in [1.29, 1.82) is 0 Å². The van der Waals surface area contributed by atoms with E-state index in [2.05, 4.69) is 4.74 Å². The third-order valence-electron chi connectivity index (χ3n) is 3.22. The zero-order valence-corrected chi connectivity index (χ0v) is 13.7. The van der Waals surface area contributed by atoms with Crippen molar-refractivity contribution in [3.63, 3.8) is 0 Å². The summed E-state index contributed by atoms with van der Waals surface area (Å²) in [6, 6.07) is -2.12. The topological polar surface area (TPSA) is 167 Å². The summed E-state index contributed by atoms with van der Waals surface area (Å²) in [6.45, 7) is 2.49. The summed E-state index contributed by atoms with van der Waals surface area (Å²) in [6.07, 6.45) is -4.06. The van der Waals surface area contributed by atoms with E-state index in [4.69, 9.17) is 5.11 Å². The van der Waals surface area contributed by atoms with Gasteiger partial charge in [-0.05, 0) is 6.92 Å². The van der Waals surface area contributed by atoms with Crippen LogP contribution in [0.1, 0.15) is 27.7 Å². The van der Waals surface area contributed by atoms with E-state index in [0.717, 1.165) is 27.7 Å². The molecule has 0 radical (unpaired) electrons. The van der Waals surface area contributed by atoms with Gasteiger partial charge in [0.2, 0.25) is 11.7 Å². The van der Waals surface area contributed by atoms with Crippen molar-refractivity contribution in [3.05, 3.63) is 0 Å². The average molecular weight is 347 g/mol. The average Bonchev–Trinajstić information content (AvgIpc) is 2.47. The molecule has 0 bridgehead atoms. The Bertz CT molecular complexity index is 544. The Labute approximate surface area is 137 Å². The monoisotopic (exact) mass is 347 g/mol. The number of carbonyl (C=O) groups excluding carboxylic acids is 5. The third-order valence-corrected chi connectivity index (χ3v) is 3.22. The van der Waals surface area contributed by atoms with Crippen molar-refractivity contribution in [2.75, 3.05) is 6.61 Å². The van der Waals surface area contributed by atoms with Crippen LogP contribution < -0.4 is 5.32 Å². The second-order valence-electron chi connectivity index (χ2n) is 5.22. The third kappa shape index (κ3) is 4.91. The van der Waals surface area contributed by atoms with E-state index >= 15 is 0 Å². The van der Waals surface area contributed by atoms with Gasteiger partial charge in [-0.25, -0.2) is 0 Å². The number of hydrogen-bond acceptors (Lipinski definition) is 9. The van der Waals surface area contributed by atoms with E-state index in [1.54, 1.807) is 0 Å². The summed E-state index contributed by atoms with van der Waals surface area (Å²) < 4.78 is 4.69. The summed E-state index contributed by atoms with van der Waals surface area (Å²) >= 11 is 0. The molecule has 0 fully saturated rings. The lowest BCUT2D eigenvalue weighted by Crippen LogP contribution is -2.70. The second-order valence-corrected chi connectivity index (χ2v) is 5.22. The van der Waals surface area contributed by atoms with Crippen molar-refractivity contribution in [1.82, 2.24) is 5.32 Å². The number of hydrogen-bond donors (Lipinski definition) is 4. The van der Waals surface area contributed by atoms with Gasteiger partial charge in [-0.15, -0.1) is 0 Å². The van der Waals surface area contributed by atoms with Crippen molar-refractivity contribution in [2.45, 2.75) is 51.5 Å². The lowest BCUT2D eigenvalue weighted by atomic mass is 9.79. The van der Waals surface area contributed by atoms with Gasteiger partial charge in [0.05, 0.1) is 6.61 Å². The van der Waals surface area contributed by atoms with E-state index in [9.17, 15) is 34.2 Å². The Morgan fingerprint density at radius 2 is 1.58 bits per heavy atom. The predicted molar refractivity (Wildman–Crippen MR) is 77.6 cm³/mol. The van der Waals surface area contributed by atoms with Crippen LogP contribution in [-0.4, -0.2) is 75.0 Å². The van der Waals surface area contributed by atoms with Crippen LogP contribution in [0.15, 0.2) is 0 Å². The number of aliphatic hydroxyl groups is 3. The minimum atomic E-state index is -2.97. The van der Waals surface area contributed by atoms with Gasteiger partial charge >= 0.3 is 5.97 Å². The van der Waals surface area contributed by atoms with E-state index < -0.39 is 59.7 Å². The standard InChI is InChI=1S/C14H21NO9/c1-6(17)11(22)12(15-8(3)19)14(23,7(2)18)13(10(21)5-16)24-9(4)20/h10,12-13,16,21,23H,5H2,1-4H3,(H,15,19)/t10-,12+,13+,14-/m1/s1. The first-order chi connectivity index (χ1) is 10.9. The molecule has 4 atom stereocenters. The molecule has 24 heavy (non-hydrogen) atoms. The Morgan fingerprint density at radius 1 is 1.08 bits per heavy atom. The van der Waals surface area contributed by atoms with Crippen LogP contribution in [0, 0.1) is 0 Å². The second kappa shape index (κ2) is 8.62. The fourth-order valence-corrected chi connectivity index (χ4v) is 2.09. The van der Waals surface area contributed by atoms with Gasteiger partial charge in [-0.2, -0.15) is 0 Å². The number of carbonyl (C=O) groups is 5. The molecule has 0 aliphatic carbocycles. The van der Waals surface area contributed by atoms with Gasteiger partial charge in [0.1, 0.15) is 12.1 Å². The van der Waals surface area contributed by atoms with E-state index in [1.165, 1.54) is 0 Å². The predicted octanol–water partition coefficient (Wildman–Crippen LogP) is -2.75. The first-order valence-corrected chi connectivity index (χ1v) is 6.90. The summed E-state index contributed by atoms with van der Waals surface area (Å²) in [5.41, 5.74) is -2.97. The summed E-state index contributed by atoms with van der Waals surface area (Å²) in [7, 11) is 0. The van der Waals surface area contributed by atoms with Gasteiger partial charge in [-0.1, -0.05) is 0 Å². The molecule has 10 nitrogen and oxygen atoms in total. The minimum Gasteiger partial charge on any atom is -0.456 e. The molecule has 0 spiro atoms. The Kier molecular flexibility index (Phi) is 7.84. The number of rotatable bonds is 9. The van der Waals surface area contributed by atoms with Gasteiger partial charge in [0.25, 0.3) is 0 Å². The number of Topliss-reactive ketones (excluding diaryl/α,β-unsaturated/α-hetero) is 3. The fourth-order valence-electron chi connectivity index (χ4n) is 2.09. The highest BCUT2D eigenvalue weighted by molar-refractivity contribution is 6.39. The number of nitrogens with one attached hydrogen (secondary N) is 1. The SMILES string of the molecule is CC(=O)N[C@@H](C(=O)C(C)=O)[C@](O)(C(C)=O)[C@@H](OC(C)=O)[C@H](O)CO. The van der Waals surface area contributed by atoms with Gasteiger partial charge in [0, 0.05) is 20.8 Å². The molecule has 0 aromatic heterocycles. The van der Waals surface area contributed by atoms with Crippen molar-refractivity contribution in [2.24, 2.45) is 0 Å². The molecule has 0 saturated carbocycles. The molecule has 1 amide bonds. The van der Waals surface area contributed by atoms with Crippen LogP contribution in [-0.2, 0) is 28.7 Å². The number of aliphatic hydroxyl groups excluding tert-OH is 2. The highest BCUT2D eigenvalue weighted by atomic mass is 16.6. The van der Waals surface area contributed by atoms with Crippen LogP contribution in [0.2, 0.25) is 0 Å². The van der Waals surface area contributed by atoms with Crippen LogP contribution in [0.25, 0.3) is 0 Å². The molecule has 4 N–H and O–H groups in total. The molecule has 0 aromatic carbocycles. The maximum absolute atomic E-state index is 12.1. The van der Waals surface area contributed by atoms with E-state index in [0.29, 0.717) is 0 Å². The molecular formula is C14H21NO9. The maximum atomic E-state index is 12.1. The zero-order valence-electron chi connectivity index (χ0n) is 13.7. The van der Waals surface area contributed by atoms with Crippen LogP contribution in [0.5, 0.6) is 0 Å².